The predicted molar refractivity (Wildman–Crippen MR) is 116 cm³/mol. The molecule has 0 radical (unpaired) electrons. The Balaban J connectivity index is 1.90. The van der Waals surface area contributed by atoms with E-state index in [9.17, 15) is 4.79 Å². The van der Waals surface area contributed by atoms with Crippen molar-refractivity contribution in [2.75, 3.05) is 5.32 Å². The van der Waals surface area contributed by atoms with E-state index >= 15 is 0 Å². The first kappa shape index (κ1) is 18.2. The van der Waals surface area contributed by atoms with Gasteiger partial charge in [-0.25, -0.2) is 4.98 Å². The highest BCUT2D eigenvalue weighted by Crippen LogP contribution is 2.29. The highest BCUT2D eigenvalue weighted by atomic mass is 35.5. The Labute approximate surface area is 169 Å². The zero-order valence-corrected chi connectivity index (χ0v) is 16.4. The number of carbonyl (C=O) groups excluding carboxylic acids is 1. The number of carbonyl (C=O) groups is 1. The number of aryl methyl sites for hydroxylation is 2. The van der Waals surface area contributed by atoms with E-state index in [1.807, 2.05) is 68.4 Å². The lowest BCUT2D eigenvalue weighted by Gasteiger charge is -2.13. The topological polar surface area (TPSA) is 42.0 Å². The SMILES string of the molecule is Cc1cc(C)c2nc(-c3ccccc3)cc(C(=O)Nc3ccccc3Cl)c2c1. The summed E-state index contributed by atoms with van der Waals surface area (Å²) in [6.07, 6.45) is 0. The van der Waals surface area contributed by atoms with Crippen molar-refractivity contribution >= 4 is 34.1 Å². The number of hydrogen-bond acceptors (Lipinski definition) is 2. The van der Waals surface area contributed by atoms with E-state index in [1.54, 1.807) is 12.1 Å². The van der Waals surface area contributed by atoms with Crippen LogP contribution in [-0.2, 0) is 0 Å². The number of anilines is 1. The van der Waals surface area contributed by atoms with Crippen LogP contribution in [0.25, 0.3) is 22.2 Å². The molecule has 0 saturated heterocycles. The van der Waals surface area contributed by atoms with Crippen LogP contribution < -0.4 is 5.32 Å². The van der Waals surface area contributed by atoms with Crippen LogP contribution in [0.4, 0.5) is 5.69 Å². The molecule has 0 atom stereocenters. The lowest BCUT2D eigenvalue weighted by atomic mass is 9.99. The van der Waals surface area contributed by atoms with E-state index in [-0.39, 0.29) is 5.91 Å². The number of fused-ring (bicyclic) bond motifs is 1. The minimum Gasteiger partial charge on any atom is -0.321 e. The molecule has 4 rings (SSSR count). The third-order valence-electron chi connectivity index (χ3n) is 4.68. The number of halogens is 1. The van der Waals surface area contributed by atoms with E-state index in [4.69, 9.17) is 16.6 Å². The summed E-state index contributed by atoms with van der Waals surface area (Å²) in [4.78, 5) is 18.0. The number of para-hydroxylation sites is 1. The summed E-state index contributed by atoms with van der Waals surface area (Å²) in [6.45, 7) is 4.04. The van der Waals surface area contributed by atoms with Crippen LogP contribution in [0.3, 0.4) is 0 Å². The highest BCUT2D eigenvalue weighted by molar-refractivity contribution is 6.34. The third-order valence-corrected chi connectivity index (χ3v) is 5.01. The Morgan fingerprint density at radius 3 is 2.39 bits per heavy atom. The molecule has 0 fully saturated rings. The first-order valence-corrected chi connectivity index (χ1v) is 9.44. The molecule has 138 valence electrons. The van der Waals surface area contributed by atoms with Crippen LogP contribution >= 0.6 is 11.6 Å². The van der Waals surface area contributed by atoms with Gasteiger partial charge in [0, 0.05) is 10.9 Å². The third kappa shape index (κ3) is 3.49. The van der Waals surface area contributed by atoms with Crippen molar-refractivity contribution in [3.05, 3.63) is 94.5 Å². The van der Waals surface area contributed by atoms with E-state index in [1.165, 1.54) is 0 Å². The molecule has 0 saturated carbocycles. The Bertz CT molecular complexity index is 1190. The van der Waals surface area contributed by atoms with Crippen LogP contribution in [0.2, 0.25) is 5.02 Å². The maximum absolute atomic E-state index is 13.2. The van der Waals surface area contributed by atoms with Gasteiger partial charge in [-0.3, -0.25) is 4.79 Å². The molecule has 1 N–H and O–H groups in total. The first-order chi connectivity index (χ1) is 13.5. The number of pyridine rings is 1. The molecule has 4 heteroatoms. The van der Waals surface area contributed by atoms with Gasteiger partial charge in [-0.15, -0.1) is 0 Å². The zero-order chi connectivity index (χ0) is 19.7. The molecule has 0 aliphatic carbocycles. The van der Waals surface area contributed by atoms with E-state index in [0.717, 1.165) is 33.3 Å². The average Bonchev–Trinajstić information content (AvgIpc) is 2.69. The zero-order valence-electron chi connectivity index (χ0n) is 15.7. The molecule has 0 bridgehead atoms. The molecule has 28 heavy (non-hydrogen) atoms. The smallest absolute Gasteiger partial charge is 0.256 e. The molecule has 0 spiro atoms. The summed E-state index contributed by atoms with van der Waals surface area (Å²) < 4.78 is 0. The summed E-state index contributed by atoms with van der Waals surface area (Å²) in [7, 11) is 0. The molecule has 1 aromatic heterocycles. The number of benzene rings is 3. The molecule has 0 unspecified atom stereocenters. The largest absolute Gasteiger partial charge is 0.321 e. The molecule has 0 aliphatic rings. The Morgan fingerprint density at radius 2 is 1.64 bits per heavy atom. The van der Waals surface area contributed by atoms with Gasteiger partial charge < -0.3 is 5.32 Å². The van der Waals surface area contributed by atoms with Gasteiger partial charge in [0.2, 0.25) is 0 Å². The van der Waals surface area contributed by atoms with Crippen LogP contribution in [-0.4, -0.2) is 10.9 Å². The summed E-state index contributed by atoms with van der Waals surface area (Å²) in [5.74, 6) is -0.206. The molecule has 4 aromatic rings. The van der Waals surface area contributed by atoms with Crippen LogP contribution in [0.1, 0.15) is 21.5 Å². The van der Waals surface area contributed by atoms with Crippen molar-refractivity contribution in [2.45, 2.75) is 13.8 Å². The van der Waals surface area contributed by atoms with Gasteiger partial charge in [-0.2, -0.15) is 0 Å². The highest BCUT2D eigenvalue weighted by Gasteiger charge is 2.16. The quantitative estimate of drug-likeness (QED) is 0.441. The second kappa shape index (κ2) is 7.45. The number of rotatable bonds is 3. The van der Waals surface area contributed by atoms with Gasteiger partial charge in [-0.1, -0.05) is 65.7 Å². The number of hydrogen-bond donors (Lipinski definition) is 1. The van der Waals surface area contributed by atoms with Crippen LogP contribution in [0.5, 0.6) is 0 Å². The Hall–Kier alpha value is -3.17. The second-order valence-corrected chi connectivity index (χ2v) is 7.24. The minimum atomic E-state index is -0.206. The summed E-state index contributed by atoms with van der Waals surface area (Å²) in [6, 6.07) is 23.0. The summed E-state index contributed by atoms with van der Waals surface area (Å²) in [5, 5.41) is 4.28. The molecule has 1 amide bonds. The van der Waals surface area contributed by atoms with Crippen molar-refractivity contribution < 1.29 is 4.79 Å². The van der Waals surface area contributed by atoms with Gasteiger partial charge in [0.25, 0.3) is 5.91 Å². The molecular formula is C24H19ClN2O. The molecular weight excluding hydrogens is 368 g/mol. The number of amides is 1. The normalized spacial score (nSPS) is 10.8. The van der Waals surface area contributed by atoms with Crippen molar-refractivity contribution in [3.8, 4) is 11.3 Å². The van der Waals surface area contributed by atoms with Gasteiger partial charge in [-0.05, 0) is 43.7 Å². The molecule has 3 aromatic carbocycles. The minimum absolute atomic E-state index is 0.206. The fourth-order valence-corrected chi connectivity index (χ4v) is 3.56. The number of aromatic nitrogens is 1. The van der Waals surface area contributed by atoms with Crippen LogP contribution in [0, 0.1) is 13.8 Å². The fourth-order valence-electron chi connectivity index (χ4n) is 3.38. The lowest BCUT2D eigenvalue weighted by Crippen LogP contribution is -2.13. The van der Waals surface area contributed by atoms with E-state index in [0.29, 0.717) is 16.3 Å². The summed E-state index contributed by atoms with van der Waals surface area (Å²) >= 11 is 6.22. The van der Waals surface area contributed by atoms with Gasteiger partial charge in [0.05, 0.1) is 27.5 Å². The van der Waals surface area contributed by atoms with E-state index in [2.05, 4.69) is 11.4 Å². The van der Waals surface area contributed by atoms with Crippen molar-refractivity contribution in [3.63, 3.8) is 0 Å². The standard InChI is InChI=1S/C24H19ClN2O/c1-15-12-16(2)23-18(13-15)19(14-22(26-23)17-8-4-3-5-9-17)24(28)27-21-11-7-6-10-20(21)25/h3-14H,1-2H3,(H,27,28). The molecule has 3 nitrogen and oxygen atoms in total. The monoisotopic (exact) mass is 386 g/mol. The van der Waals surface area contributed by atoms with Crippen molar-refractivity contribution in [1.29, 1.82) is 0 Å². The maximum Gasteiger partial charge on any atom is 0.256 e. The Kier molecular flexibility index (Phi) is 4.84. The fraction of sp³-hybridized carbons (Fsp3) is 0.0833. The maximum atomic E-state index is 13.2. The van der Waals surface area contributed by atoms with Gasteiger partial charge in [0.15, 0.2) is 0 Å². The van der Waals surface area contributed by atoms with Crippen molar-refractivity contribution in [2.24, 2.45) is 0 Å². The van der Waals surface area contributed by atoms with Crippen LogP contribution in [0.15, 0.2) is 72.8 Å². The number of nitrogens with one attached hydrogen (secondary N) is 1. The molecule has 0 aliphatic heterocycles. The Morgan fingerprint density at radius 1 is 0.929 bits per heavy atom. The van der Waals surface area contributed by atoms with Crippen molar-refractivity contribution in [1.82, 2.24) is 4.98 Å². The van der Waals surface area contributed by atoms with Gasteiger partial charge >= 0.3 is 0 Å². The average molecular weight is 387 g/mol. The molecule has 1 heterocycles. The predicted octanol–water partition coefficient (Wildman–Crippen LogP) is 6.42. The van der Waals surface area contributed by atoms with Gasteiger partial charge in [0.1, 0.15) is 0 Å². The second-order valence-electron chi connectivity index (χ2n) is 6.83. The number of nitrogens with zero attached hydrogens (tertiary/aromatic N) is 1. The first-order valence-electron chi connectivity index (χ1n) is 9.06. The summed E-state index contributed by atoms with van der Waals surface area (Å²) in [5.41, 5.74) is 5.86. The lowest BCUT2D eigenvalue weighted by molar-refractivity contribution is 0.102. The van der Waals surface area contributed by atoms with E-state index < -0.39 is 0 Å².